The summed E-state index contributed by atoms with van der Waals surface area (Å²) in [5.41, 5.74) is 4.14. The third-order valence-electron chi connectivity index (χ3n) is 7.68. The van der Waals surface area contributed by atoms with Gasteiger partial charge in [0, 0.05) is 42.2 Å². The Kier molecular flexibility index (Phi) is 3.85. The number of likely N-dealkylation sites (tertiary alicyclic amines) is 1. The molecule has 6 rings (SSSR count). The van der Waals surface area contributed by atoms with Gasteiger partial charge in [0.2, 0.25) is 0 Å². The zero-order valence-corrected chi connectivity index (χ0v) is 18.5. The Hall–Kier alpha value is -2.41. The predicted molar refractivity (Wildman–Crippen MR) is 116 cm³/mol. The second-order valence-electron chi connectivity index (χ2n) is 9.86. The number of aryl methyl sites for hydroxylation is 2. The van der Waals surface area contributed by atoms with Crippen LogP contribution in [-0.2, 0) is 7.05 Å². The van der Waals surface area contributed by atoms with E-state index in [-0.39, 0.29) is 0 Å². The zero-order chi connectivity index (χ0) is 20.6. The lowest BCUT2D eigenvalue weighted by Crippen LogP contribution is -2.32. The van der Waals surface area contributed by atoms with Crippen molar-refractivity contribution in [1.82, 2.24) is 34.0 Å². The third-order valence-corrected chi connectivity index (χ3v) is 7.68. The minimum absolute atomic E-state index is 0.434. The molecule has 30 heavy (non-hydrogen) atoms. The van der Waals surface area contributed by atoms with Crippen LogP contribution in [0.5, 0.6) is 0 Å². The van der Waals surface area contributed by atoms with E-state index in [0.29, 0.717) is 17.4 Å². The number of hydrogen-bond donors (Lipinski definition) is 0. The summed E-state index contributed by atoms with van der Waals surface area (Å²) in [5, 5.41) is 9.78. The maximum Gasteiger partial charge on any atom is 0.160 e. The van der Waals surface area contributed by atoms with Crippen molar-refractivity contribution in [2.75, 3.05) is 20.1 Å². The molecule has 158 valence electrons. The van der Waals surface area contributed by atoms with Gasteiger partial charge in [-0.2, -0.15) is 10.2 Å². The molecule has 0 N–H and O–H groups in total. The van der Waals surface area contributed by atoms with E-state index in [1.54, 1.807) is 0 Å². The van der Waals surface area contributed by atoms with Gasteiger partial charge in [0.1, 0.15) is 0 Å². The average molecular weight is 406 g/mol. The van der Waals surface area contributed by atoms with E-state index >= 15 is 0 Å². The van der Waals surface area contributed by atoms with E-state index in [0.717, 1.165) is 43.4 Å². The second kappa shape index (κ2) is 6.30. The van der Waals surface area contributed by atoms with Gasteiger partial charge in [0.15, 0.2) is 17.5 Å². The lowest BCUT2D eigenvalue weighted by Gasteiger charge is -2.29. The number of hydrogen-bond acceptors (Lipinski definition) is 4. The van der Waals surface area contributed by atoms with Crippen molar-refractivity contribution in [3.8, 4) is 17.2 Å². The fourth-order valence-electron chi connectivity index (χ4n) is 5.45. The first-order chi connectivity index (χ1) is 14.4. The molecule has 1 unspecified atom stereocenters. The summed E-state index contributed by atoms with van der Waals surface area (Å²) in [6, 6.07) is 4.77. The maximum atomic E-state index is 5.19. The fourth-order valence-corrected chi connectivity index (χ4v) is 5.45. The van der Waals surface area contributed by atoms with Crippen LogP contribution in [0.1, 0.15) is 61.3 Å². The predicted octanol–water partition coefficient (Wildman–Crippen LogP) is 3.62. The van der Waals surface area contributed by atoms with Crippen LogP contribution in [0, 0.1) is 19.3 Å². The molecule has 3 aromatic rings. The highest BCUT2D eigenvalue weighted by Gasteiger charge is 2.64. The molecule has 3 aliphatic rings. The van der Waals surface area contributed by atoms with Crippen molar-refractivity contribution >= 4 is 0 Å². The molecule has 1 atom stereocenters. The van der Waals surface area contributed by atoms with Crippen LogP contribution in [-0.4, -0.2) is 54.1 Å². The largest absolute Gasteiger partial charge is 0.306 e. The minimum Gasteiger partial charge on any atom is -0.306 e. The highest BCUT2D eigenvalue weighted by Crippen LogP contribution is 2.74. The number of aromatic nitrogens is 6. The van der Waals surface area contributed by atoms with Crippen molar-refractivity contribution in [2.24, 2.45) is 12.5 Å². The van der Waals surface area contributed by atoms with Gasteiger partial charge in [-0.1, -0.05) is 0 Å². The SMILES string of the molecule is Cc1cc(-c2nc(C3CC34CC4)nn2C2CCN(C)CC2)c(C)n1-c1ccn(C)n1. The first-order valence-corrected chi connectivity index (χ1v) is 11.3. The number of rotatable bonds is 4. The lowest BCUT2D eigenvalue weighted by atomic mass is 10.1. The van der Waals surface area contributed by atoms with E-state index in [1.807, 2.05) is 17.9 Å². The summed E-state index contributed by atoms with van der Waals surface area (Å²) in [7, 11) is 4.18. The standard InChI is InChI=1S/C23H31N7/c1-15-13-18(16(2)29(15)20-7-12-28(4)25-20)22-24-21(19-14-23(19)8-9-23)26-30(22)17-5-10-27(3)11-6-17/h7,12-13,17,19H,5-6,8-11,14H2,1-4H3. The van der Waals surface area contributed by atoms with E-state index in [9.17, 15) is 0 Å². The Morgan fingerprint density at radius 3 is 2.47 bits per heavy atom. The monoisotopic (exact) mass is 405 g/mol. The maximum absolute atomic E-state index is 5.19. The smallest absolute Gasteiger partial charge is 0.160 e. The van der Waals surface area contributed by atoms with Gasteiger partial charge in [-0.15, -0.1) is 0 Å². The van der Waals surface area contributed by atoms with Crippen LogP contribution in [0.25, 0.3) is 17.2 Å². The summed E-state index contributed by atoms with van der Waals surface area (Å²) in [6.45, 7) is 6.59. The fraction of sp³-hybridized carbons (Fsp3) is 0.609. The summed E-state index contributed by atoms with van der Waals surface area (Å²) in [5.74, 6) is 3.69. The molecule has 7 heteroatoms. The average Bonchev–Trinajstić information content (AvgIpc) is 3.49. The van der Waals surface area contributed by atoms with E-state index in [2.05, 4.69) is 52.3 Å². The van der Waals surface area contributed by atoms with Gasteiger partial charge in [-0.25, -0.2) is 9.67 Å². The van der Waals surface area contributed by atoms with Gasteiger partial charge >= 0.3 is 0 Å². The molecular weight excluding hydrogens is 374 g/mol. The normalized spacial score (nSPS) is 23.4. The van der Waals surface area contributed by atoms with Crippen LogP contribution in [0.4, 0.5) is 0 Å². The Labute approximate surface area is 177 Å². The first kappa shape index (κ1) is 18.4. The first-order valence-electron chi connectivity index (χ1n) is 11.3. The summed E-state index contributed by atoms with van der Waals surface area (Å²) < 4.78 is 6.37. The molecule has 1 saturated heterocycles. The van der Waals surface area contributed by atoms with Crippen molar-refractivity contribution < 1.29 is 0 Å². The van der Waals surface area contributed by atoms with Crippen LogP contribution >= 0.6 is 0 Å². The Morgan fingerprint density at radius 1 is 1.07 bits per heavy atom. The molecule has 0 amide bonds. The van der Waals surface area contributed by atoms with Gasteiger partial charge < -0.3 is 9.47 Å². The molecule has 2 saturated carbocycles. The quantitative estimate of drug-likeness (QED) is 0.665. The van der Waals surface area contributed by atoms with Crippen LogP contribution in [0.3, 0.4) is 0 Å². The number of piperidine rings is 1. The van der Waals surface area contributed by atoms with Crippen molar-refractivity contribution in [3.63, 3.8) is 0 Å². The molecule has 3 aromatic heterocycles. The number of nitrogens with zero attached hydrogens (tertiary/aromatic N) is 7. The van der Waals surface area contributed by atoms with Gasteiger partial charge in [-0.05, 0) is 77.6 Å². The Balaban J connectivity index is 1.44. The molecule has 0 aromatic carbocycles. The molecule has 2 aliphatic carbocycles. The highest BCUT2D eigenvalue weighted by atomic mass is 15.4. The molecule has 7 nitrogen and oxygen atoms in total. The summed E-state index contributed by atoms with van der Waals surface area (Å²) >= 11 is 0. The molecule has 0 radical (unpaired) electrons. The highest BCUT2D eigenvalue weighted by molar-refractivity contribution is 5.62. The van der Waals surface area contributed by atoms with Crippen LogP contribution < -0.4 is 0 Å². The summed E-state index contributed by atoms with van der Waals surface area (Å²) in [6.07, 6.45) is 8.29. The van der Waals surface area contributed by atoms with Gasteiger partial charge in [0.25, 0.3) is 0 Å². The Bertz CT molecular complexity index is 1100. The van der Waals surface area contributed by atoms with Crippen molar-refractivity contribution in [2.45, 2.75) is 57.9 Å². The summed E-state index contributed by atoms with van der Waals surface area (Å²) in [4.78, 5) is 7.60. The molecule has 1 aliphatic heterocycles. The van der Waals surface area contributed by atoms with Crippen molar-refractivity contribution in [3.05, 3.63) is 35.5 Å². The molecular formula is C23H31N7. The van der Waals surface area contributed by atoms with Gasteiger partial charge in [0.05, 0.1) is 6.04 Å². The molecule has 0 bridgehead atoms. The van der Waals surface area contributed by atoms with Crippen LogP contribution in [0.2, 0.25) is 0 Å². The van der Waals surface area contributed by atoms with E-state index < -0.39 is 0 Å². The molecule has 3 fully saturated rings. The lowest BCUT2D eigenvalue weighted by molar-refractivity contribution is 0.213. The zero-order valence-electron chi connectivity index (χ0n) is 18.5. The van der Waals surface area contributed by atoms with Crippen LogP contribution in [0.15, 0.2) is 18.3 Å². The second-order valence-corrected chi connectivity index (χ2v) is 9.86. The van der Waals surface area contributed by atoms with Crippen molar-refractivity contribution in [1.29, 1.82) is 0 Å². The molecule has 4 heterocycles. The third kappa shape index (κ3) is 2.78. The Morgan fingerprint density at radius 2 is 1.83 bits per heavy atom. The molecule has 1 spiro atoms. The topological polar surface area (TPSA) is 56.7 Å². The van der Waals surface area contributed by atoms with E-state index in [1.165, 1.54) is 36.2 Å². The minimum atomic E-state index is 0.434. The van der Waals surface area contributed by atoms with Gasteiger partial charge in [-0.3, -0.25) is 4.68 Å². The van der Waals surface area contributed by atoms with E-state index in [4.69, 9.17) is 10.1 Å².